The van der Waals surface area contributed by atoms with Crippen LogP contribution >= 0.6 is 23.2 Å². The van der Waals surface area contributed by atoms with Crippen LogP contribution in [0.5, 0.6) is 0 Å². The zero-order valence-electron chi connectivity index (χ0n) is 7.89. The van der Waals surface area contributed by atoms with Crippen molar-refractivity contribution in [2.45, 2.75) is 0 Å². The lowest BCUT2D eigenvalue weighted by molar-refractivity contribution is 0.252. The zero-order valence-corrected chi connectivity index (χ0v) is 9.40. The smallest absolute Gasteiger partial charge is 0.319 e. The van der Waals surface area contributed by atoms with Gasteiger partial charge in [-0.05, 0) is 18.2 Å². The Bertz CT molecular complexity index is 357. The van der Waals surface area contributed by atoms with E-state index in [2.05, 4.69) is 10.6 Å². The van der Waals surface area contributed by atoms with Gasteiger partial charge in [-0.1, -0.05) is 23.2 Å². The summed E-state index contributed by atoms with van der Waals surface area (Å²) in [6.45, 7) is 0.821. The number of anilines is 1. The van der Waals surface area contributed by atoms with Gasteiger partial charge in [0.2, 0.25) is 0 Å². The molecule has 0 aliphatic rings. The summed E-state index contributed by atoms with van der Waals surface area (Å²) in [7, 11) is 0. The first-order valence-electron chi connectivity index (χ1n) is 4.33. The molecule has 82 valence electrons. The summed E-state index contributed by atoms with van der Waals surface area (Å²) in [5.74, 6) is 0. The topological polar surface area (TPSA) is 67.1 Å². The molecule has 15 heavy (non-hydrogen) atoms. The lowest BCUT2D eigenvalue weighted by atomic mass is 10.3. The average molecular weight is 248 g/mol. The monoisotopic (exact) mass is 247 g/mol. The van der Waals surface area contributed by atoms with Crippen LogP contribution in [0, 0.1) is 0 Å². The fourth-order valence-electron chi connectivity index (χ4n) is 0.935. The van der Waals surface area contributed by atoms with Crippen molar-refractivity contribution in [3.63, 3.8) is 0 Å². The number of halogens is 2. The van der Waals surface area contributed by atoms with E-state index in [-0.39, 0.29) is 6.03 Å². The maximum atomic E-state index is 11.2. The number of urea groups is 1. The molecule has 4 N–H and O–H groups in total. The summed E-state index contributed by atoms with van der Waals surface area (Å²) < 4.78 is 0. The van der Waals surface area contributed by atoms with Crippen LogP contribution in [-0.2, 0) is 0 Å². The van der Waals surface area contributed by atoms with E-state index in [9.17, 15) is 4.79 Å². The van der Waals surface area contributed by atoms with Gasteiger partial charge in [0, 0.05) is 18.8 Å². The quantitative estimate of drug-likeness (QED) is 0.766. The highest BCUT2D eigenvalue weighted by atomic mass is 35.5. The first kappa shape index (κ1) is 12.1. The van der Waals surface area contributed by atoms with E-state index in [1.807, 2.05) is 0 Å². The second kappa shape index (κ2) is 5.80. The predicted octanol–water partition coefficient (Wildman–Crippen LogP) is 2.07. The van der Waals surface area contributed by atoms with E-state index in [1.165, 1.54) is 0 Å². The third kappa shape index (κ3) is 3.95. The van der Waals surface area contributed by atoms with Crippen molar-refractivity contribution < 1.29 is 4.79 Å². The van der Waals surface area contributed by atoms with Gasteiger partial charge in [0.05, 0.1) is 10.0 Å². The minimum atomic E-state index is -0.321. The van der Waals surface area contributed by atoms with Gasteiger partial charge in [-0.3, -0.25) is 0 Å². The lowest BCUT2D eigenvalue weighted by Gasteiger charge is -2.07. The number of hydrogen-bond acceptors (Lipinski definition) is 2. The summed E-state index contributed by atoms with van der Waals surface area (Å²) >= 11 is 11.5. The third-order valence-electron chi connectivity index (χ3n) is 1.61. The largest absolute Gasteiger partial charge is 0.337 e. The fraction of sp³-hybridized carbons (Fsp3) is 0.222. The van der Waals surface area contributed by atoms with Crippen LogP contribution in [0.2, 0.25) is 10.0 Å². The fourth-order valence-corrected chi connectivity index (χ4v) is 1.23. The molecule has 0 aromatic heterocycles. The molecule has 0 unspecified atom stereocenters. The molecule has 1 rings (SSSR count). The van der Waals surface area contributed by atoms with E-state index in [4.69, 9.17) is 28.9 Å². The minimum Gasteiger partial charge on any atom is -0.337 e. The first-order chi connectivity index (χ1) is 7.13. The number of carbonyl (C=O) groups excluding carboxylic acids is 1. The molecule has 2 amide bonds. The molecule has 0 fully saturated rings. The first-order valence-corrected chi connectivity index (χ1v) is 5.09. The van der Waals surface area contributed by atoms with E-state index >= 15 is 0 Å². The molecule has 1 aromatic carbocycles. The Morgan fingerprint density at radius 2 is 2.07 bits per heavy atom. The second-order valence-electron chi connectivity index (χ2n) is 2.80. The number of nitrogens with two attached hydrogens (primary N) is 1. The van der Waals surface area contributed by atoms with Crippen molar-refractivity contribution in [2.24, 2.45) is 5.73 Å². The van der Waals surface area contributed by atoms with Crippen molar-refractivity contribution in [3.05, 3.63) is 28.2 Å². The molecule has 0 heterocycles. The zero-order chi connectivity index (χ0) is 11.3. The number of nitrogens with one attached hydrogen (secondary N) is 2. The number of hydrogen-bond donors (Lipinski definition) is 3. The van der Waals surface area contributed by atoms with Crippen LogP contribution in [0.3, 0.4) is 0 Å². The normalized spacial score (nSPS) is 9.80. The maximum absolute atomic E-state index is 11.2. The number of benzene rings is 1. The van der Waals surface area contributed by atoms with Crippen molar-refractivity contribution in [2.75, 3.05) is 18.4 Å². The number of carbonyl (C=O) groups is 1. The van der Waals surface area contributed by atoms with Crippen LogP contribution in [0.1, 0.15) is 0 Å². The highest BCUT2D eigenvalue weighted by Crippen LogP contribution is 2.24. The summed E-state index contributed by atoms with van der Waals surface area (Å²) in [5.41, 5.74) is 5.82. The molecular formula is C9H11Cl2N3O. The molecule has 0 saturated heterocycles. The summed E-state index contributed by atoms with van der Waals surface area (Å²) in [6, 6.07) is 4.53. The van der Waals surface area contributed by atoms with Crippen molar-refractivity contribution in [1.82, 2.24) is 5.32 Å². The van der Waals surface area contributed by atoms with E-state index in [0.717, 1.165) is 0 Å². The Kier molecular flexibility index (Phi) is 4.68. The molecule has 4 nitrogen and oxygen atoms in total. The van der Waals surface area contributed by atoms with Crippen LogP contribution in [0.15, 0.2) is 18.2 Å². The Hall–Kier alpha value is -0.970. The summed E-state index contributed by atoms with van der Waals surface area (Å²) in [5, 5.41) is 6.01. The molecule has 0 bridgehead atoms. The van der Waals surface area contributed by atoms with Gasteiger partial charge in [0.15, 0.2) is 0 Å². The Morgan fingerprint density at radius 3 is 2.67 bits per heavy atom. The van der Waals surface area contributed by atoms with Gasteiger partial charge in [0.1, 0.15) is 0 Å². The van der Waals surface area contributed by atoms with E-state index < -0.39 is 0 Å². The van der Waals surface area contributed by atoms with Crippen molar-refractivity contribution in [1.29, 1.82) is 0 Å². The van der Waals surface area contributed by atoms with Crippen LogP contribution in [0.25, 0.3) is 0 Å². The summed E-state index contributed by atoms with van der Waals surface area (Å²) in [6.07, 6.45) is 0. The number of amides is 2. The third-order valence-corrected chi connectivity index (χ3v) is 2.35. The molecule has 0 saturated carbocycles. The highest BCUT2D eigenvalue weighted by Gasteiger charge is 2.02. The Balaban J connectivity index is 2.57. The molecule has 0 aliphatic carbocycles. The van der Waals surface area contributed by atoms with Gasteiger partial charge < -0.3 is 16.4 Å². The van der Waals surface area contributed by atoms with Gasteiger partial charge in [-0.15, -0.1) is 0 Å². The standard InChI is InChI=1S/C9H11Cl2N3O/c10-7-2-1-6(5-8(7)11)14-9(15)13-4-3-12/h1-2,5H,3-4,12H2,(H2,13,14,15). The molecular weight excluding hydrogens is 237 g/mol. The van der Waals surface area contributed by atoms with E-state index in [0.29, 0.717) is 28.8 Å². The van der Waals surface area contributed by atoms with Crippen LogP contribution in [-0.4, -0.2) is 19.1 Å². The maximum Gasteiger partial charge on any atom is 0.319 e. The van der Waals surface area contributed by atoms with Crippen molar-refractivity contribution in [3.8, 4) is 0 Å². The molecule has 0 atom stereocenters. The van der Waals surface area contributed by atoms with Crippen LogP contribution < -0.4 is 16.4 Å². The van der Waals surface area contributed by atoms with Gasteiger partial charge in [-0.25, -0.2) is 4.79 Å². The lowest BCUT2D eigenvalue weighted by Crippen LogP contribution is -2.32. The Morgan fingerprint density at radius 1 is 1.33 bits per heavy atom. The Labute approximate surface area is 97.7 Å². The van der Waals surface area contributed by atoms with Crippen LogP contribution in [0.4, 0.5) is 10.5 Å². The molecule has 0 radical (unpaired) electrons. The van der Waals surface area contributed by atoms with Gasteiger partial charge in [-0.2, -0.15) is 0 Å². The second-order valence-corrected chi connectivity index (χ2v) is 3.61. The molecule has 0 aliphatic heterocycles. The SMILES string of the molecule is NCCNC(=O)Nc1ccc(Cl)c(Cl)c1. The van der Waals surface area contributed by atoms with Gasteiger partial charge in [0.25, 0.3) is 0 Å². The van der Waals surface area contributed by atoms with E-state index in [1.54, 1.807) is 18.2 Å². The average Bonchev–Trinajstić information content (AvgIpc) is 2.20. The minimum absolute atomic E-state index is 0.321. The molecule has 6 heteroatoms. The highest BCUT2D eigenvalue weighted by molar-refractivity contribution is 6.42. The molecule has 0 spiro atoms. The molecule has 1 aromatic rings. The predicted molar refractivity (Wildman–Crippen MR) is 62.5 cm³/mol. The summed E-state index contributed by atoms with van der Waals surface area (Å²) in [4.78, 5) is 11.2. The van der Waals surface area contributed by atoms with Crippen molar-refractivity contribution >= 4 is 34.9 Å². The van der Waals surface area contributed by atoms with Gasteiger partial charge >= 0.3 is 6.03 Å². The number of rotatable bonds is 3.